The zero-order valence-corrected chi connectivity index (χ0v) is 10.6. The molecule has 3 nitrogen and oxygen atoms in total. The summed E-state index contributed by atoms with van der Waals surface area (Å²) in [6.07, 6.45) is 3.88. The fraction of sp³-hybridized carbons (Fsp3) is 0.308. The van der Waals surface area contributed by atoms with Crippen LogP contribution in [-0.4, -0.2) is 16.3 Å². The van der Waals surface area contributed by atoms with Crippen LogP contribution in [0.15, 0.2) is 30.5 Å². The van der Waals surface area contributed by atoms with Crippen LogP contribution in [0, 0.1) is 0 Å². The number of rotatable bonds is 4. The number of benzene rings is 1. The minimum atomic E-state index is 0.686. The smallest absolute Gasteiger partial charge is 0.0703 e. The predicted molar refractivity (Wildman–Crippen MR) is 71.0 cm³/mol. The van der Waals surface area contributed by atoms with E-state index >= 15 is 0 Å². The van der Waals surface area contributed by atoms with E-state index in [1.54, 1.807) is 0 Å². The number of hydrogen-bond donors (Lipinski definition) is 1. The molecule has 90 valence electrons. The molecule has 0 aliphatic carbocycles. The van der Waals surface area contributed by atoms with Gasteiger partial charge in [-0.05, 0) is 37.1 Å². The number of hydrogen-bond acceptors (Lipinski definition) is 2. The first-order valence-electron chi connectivity index (χ1n) is 5.69. The summed E-state index contributed by atoms with van der Waals surface area (Å²) in [6, 6.07) is 7.84. The normalized spacial score (nSPS) is 10.8. The Kier molecular flexibility index (Phi) is 3.82. The standard InChI is InChI=1S/C13H16ClN3/c1-17-9-12(13(16-17)6-3-7-15)10-4-2-5-11(14)8-10/h2,4-5,8-9H,3,6-7,15H2,1H3. The quantitative estimate of drug-likeness (QED) is 0.905. The van der Waals surface area contributed by atoms with Gasteiger partial charge in [-0.1, -0.05) is 23.7 Å². The maximum Gasteiger partial charge on any atom is 0.0703 e. The van der Waals surface area contributed by atoms with Crippen LogP contribution < -0.4 is 5.73 Å². The number of aromatic nitrogens is 2. The van der Waals surface area contributed by atoms with E-state index in [4.69, 9.17) is 17.3 Å². The van der Waals surface area contributed by atoms with Gasteiger partial charge in [-0.25, -0.2) is 0 Å². The van der Waals surface area contributed by atoms with Crippen molar-refractivity contribution in [2.24, 2.45) is 12.8 Å². The molecule has 1 heterocycles. The molecular formula is C13H16ClN3. The Morgan fingerprint density at radius 1 is 1.41 bits per heavy atom. The van der Waals surface area contributed by atoms with E-state index in [0.717, 1.165) is 34.7 Å². The molecule has 0 unspecified atom stereocenters. The van der Waals surface area contributed by atoms with Gasteiger partial charge in [0, 0.05) is 23.8 Å². The summed E-state index contributed by atoms with van der Waals surface area (Å²) in [7, 11) is 1.93. The van der Waals surface area contributed by atoms with E-state index in [1.165, 1.54) is 0 Å². The van der Waals surface area contributed by atoms with Crippen molar-refractivity contribution in [1.82, 2.24) is 9.78 Å². The molecule has 0 aliphatic rings. The van der Waals surface area contributed by atoms with Crippen molar-refractivity contribution in [3.05, 3.63) is 41.2 Å². The van der Waals surface area contributed by atoms with Crippen LogP contribution in [-0.2, 0) is 13.5 Å². The Morgan fingerprint density at radius 2 is 2.24 bits per heavy atom. The van der Waals surface area contributed by atoms with Gasteiger partial charge in [0.1, 0.15) is 0 Å². The molecule has 0 fully saturated rings. The Balaban J connectivity index is 2.37. The molecule has 0 aliphatic heterocycles. The summed E-state index contributed by atoms with van der Waals surface area (Å²) in [5.41, 5.74) is 8.87. The maximum absolute atomic E-state index is 6.01. The van der Waals surface area contributed by atoms with E-state index in [0.29, 0.717) is 6.54 Å². The summed E-state index contributed by atoms with van der Waals surface area (Å²) in [5, 5.41) is 5.22. The van der Waals surface area contributed by atoms with Crippen molar-refractivity contribution in [3.63, 3.8) is 0 Å². The van der Waals surface area contributed by atoms with Gasteiger partial charge < -0.3 is 5.73 Å². The monoisotopic (exact) mass is 249 g/mol. The van der Waals surface area contributed by atoms with Crippen LogP contribution in [0.25, 0.3) is 11.1 Å². The highest BCUT2D eigenvalue weighted by Gasteiger charge is 2.09. The largest absolute Gasteiger partial charge is 0.330 e. The predicted octanol–water partition coefficient (Wildman–Crippen LogP) is 2.63. The highest BCUT2D eigenvalue weighted by Crippen LogP contribution is 2.26. The topological polar surface area (TPSA) is 43.8 Å². The van der Waals surface area contributed by atoms with Crippen LogP contribution >= 0.6 is 11.6 Å². The van der Waals surface area contributed by atoms with Crippen LogP contribution in [0.4, 0.5) is 0 Å². The molecule has 4 heteroatoms. The summed E-state index contributed by atoms with van der Waals surface area (Å²) >= 11 is 6.01. The number of halogens is 1. The molecule has 0 bridgehead atoms. The lowest BCUT2D eigenvalue weighted by atomic mass is 10.0. The van der Waals surface area contributed by atoms with Gasteiger partial charge >= 0.3 is 0 Å². The second kappa shape index (κ2) is 5.34. The van der Waals surface area contributed by atoms with Crippen molar-refractivity contribution in [1.29, 1.82) is 0 Å². The van der Waals surface area contributed by atoms with Gasteiger partial charge in [0.25, 0.3) is 0 Å². The highest BCUT2D eigenvalue weighted by molar-refractivity contribution is 6.30. The summed E-state index contributed by atoms with van der Waals surface area (Å²) in [5.74, 6) is 0. The molecule has 0 spiro atoms. The third kappa shape index (κ3) is 2.87. The van der Waals surface area contributed by atoms with Crippen molar-refractivity contribution >= 4 is 11.6 Å². The summed E-state index contributed by atoms with van der Waals surface area (Å²) in [4.78, 5) is 0. The molecular weight excluding hydrogens is 234 g/mol. The fourth-order valence-electron chi connectivity index (χ4n) is 1.89. The maximum atomic E-state index is 6.01. The lowest BCUT2D eigenvalue weighted by Crippen LogP contribution is -2.01. The SMILES string of the molecule is Cn1cc(-c2cccc(Cl)c2)c(CCCN)n1. The molecule has 17 heavy (non-hydrogen) atoms. The third-order valence-corrected chi connectivity index (χ3v) is 2.89. The van der Waals surface area contributed by atoms with Crippen LogP contribution in [0.2, 0.25) is 5.02 Å². The van der Waals surface area contributed by atoms with Crippen LogP contribution in [0.5, 0.6) is 0 Å². The lowest BCUT2D eigenvalue weighted by Gasteiger charge is -2.02. The van der Waals surface area contributed by atoms with Gasteiger partial charge in [0.2, 0.25) is 0 Å². The lowest BCUT2D eigenvalue weighted by molar-refractivity contribution is 0.723. The first-order valence-corrected chi connectivity index (χ1v) is 6.07. The molecule has 0 amide bonds. The average molecular weight is 250 g/mol. The number of aryl methyl sites for hydroxylation is 2. The Hall–Kier alpha value is -1.32. The molecule has 0 saturated carbocycles. The van der Waals surface area contributed by atoms with E-state index in [2.05, 4.69) is 11.2 Å². The first kappa shape index (κ1) is 12.1. The van der Waals surface area contributed by atoms with Crippen molar-refractivity contribution in [3.8, 4) is 11.1 Å². The molecule has 2 N–H and O–H groups in total. The summed E-state index contributed by atoms with van der Waals surface area (Å²) in [6.45, 7) is 0.686. The third-order valence-electron chi connectivity index (χ3n) is 2.66. The molecule has 0 saturated heterocycles. The van der Waals surface area contributed by atoms with Gasteiger partial charge in [-0.2, -0.15) is 5.10 Å². The zero-order chi connectivity index (χ0) is 12.3. The minimum absolute atomic E-state index is 0.686. The molecule has 0 atom stereocenters. The average Bonchev–Trinajstić information content (AvgIpc) is 2.68. The van der Waals surface area contributed by atoms with E-state index in [9.17, 15) is 0 Å². The molecule has 1 aromatic carbocycles. The van der Waals surface area contributed by atoms with Crippen molar-refractivity contribution in [2.75, 3.05) is 6.54 Å². The number of nitrogens with zero attached hydrogens (tertiary/aromatic N) is 2. The fourth-order valence-corrected chi connectivity index (χ4v) is 2.08. The van der Waals surface area contributed by atoms with Gasteiger partial charge in [0.15, 0.2) is 0 Å². The van der Waals surface area contributed by atoms with Gasteiger partial charge in [-0.3, -0.25) is 4.68 Å². The van der Waals surface area contributed by atoms with E-state index in [-0.39, 0.29) is 0 Å². The number of nitrogens with two attached hydrogens (primary N) is 1. The molecule has 2 rings (SSSR count). The molecule has 0 radical (unpaired) electrons. The van der Waals surface area contributed by atoms with E-state index < -0.39 is 0 Å². The zero-order valence-electron chi connectivity index (χ0n) is 9.86. The second-order valence-corrected chi connectivity index (χ2v) is 4.50. The Bertz CT molecular complexity index is 505. The second-order valence-electron chi connectivity index (χ2n) is 4.07. The van der Waals surface area contributed by atoms with Crippen LogP contribution in [0.3, 0.4) is 0 Å². The van der Waals surface area contributed by atoms with Crippen molar-refractivity contribution < 1.29 is 0 Å². The van der Waals surface area contributed by atoms with Gasteiger partial charge in [0.05, 0.1) is 5.69 Å². The van der Waals surface area contributed by atoms with Crippen molar-refractivity contribution in [2.45, 2.75) is 12.8 Å². The first-order chi connectivity index (χ1) is 8.20. The minimum Gasteiger partial charge on any atom is -0.330 e. The summed E-state index contributed by atoms with van der Waals surface area (Å²) < 4.78 is 1.84. The van der Waals surface area contributed by atoms with E-state index in [1.807, 2.05) is 36.1 Å². The Labute approximate surface area is 106 Å². The van der Waals surface area contributed by atoms with Crippen LogP contribution in [0.1, 0.15) is 12.1 Å². The highest BCUT2D eigenvalue weighted by atomic mass is 35.5. The Morgan fingerprint density at radius 3 is 2.94 bits per heavy atom. The molecule has 2 aromatic rings. The van der Waals surface area contributed by atoms with Gasteiger partial charge in [-0.15, -0.1) is 0 Å². The molecule has 1 aromatic heterocycles.